The molecule has 0 aliphatic heterocycles. The van der Waals surface area contributed by atoms with Crippen LogP contribution in [-0.4, -0.2) is 54.8 Å². The number of nitrogens with zero attached hydrogens (tertiary/aromatic N) is 3. The average Bonchev–Trinajstić information content (AvgIpc) is 3.24. The summed E-state index contributed by atoms with van der Waals surface area (Å²) >= 11 is 0. The largest absolute Gasteiger partial charge is 0.349 e. The highest BCUT2D eigenvalue weighted by atomic mass is 32.2. The molecule has 34 heavy (non-hydrogen) atoms. The fourth-order valence-electron chi connectivity index (χ4n) is 4.24. The molecule has 0 spiro atoms. The number of fused-ring (bicyclic) bond motifs is 1. The molecule has 2 aromatic carbocycles. The van der Waals surface area contributed by atoms with Crippen LogP contribution in [-0.2, 0) is 14.8 Å². The first-order valence-electron chi connectivity index (χ1n) is 11.0. The molecule has 176 valence electrons. The average molecular weight is 478 g/mol. The van der Waals surface area contributed by atoms with Crippen molar-refractivity contribution in [3.05, 3.63) is 48.2 Å². The number of aromatic nitrogens is 2. The van der Waals surface area contributed by atoms with E-state index in [0.29, 0.717) is 5.95 Å². The first-order valence-corrected chi connectivity index (χ1v) is 12.5. The smallest absolute Gasteiger partial charge is 0.295 e. The topological polar surface area (TPSA) is 104 Å². The van der Waals surface area contributed by atoms with E-state index in [1.54, 1.807) is 18.3 Å². The number of nitrogens with one attached hydrogen (secondary N) is 2. The summed E-state index contributed by atoms with van der Waals surface area (Å²) in [5, 5.41) is 7.02. The van der Waals surface area contributed by atoms with E-state index >= 15 is 0 Å². The number of anilines is 1. The fourth-order valence-corrected chi connectivity index (χ4v) is 5.16. The normalized spacial score (nSPS) is 18.1. The lowest BCUT2D eigenvalue weighted by molar-refractivity contribution is -0.116. The molecule has 2 atom stereocenters. The summed E-state index contributed by atoms with van der Waals surface area (Å²) in [4.78, 5) is 20.9. The highest BCUT2D eigenvalue weighted by Crippen LogP contribution is 2.30. The van der Waals surface area contributed by atoms with Crippen molar-refractivity contribution >= 4 is 32.8 Å². The van der Waals surface area contributed by atoms with Gasteiger partial charge in [0.1, 0.15) is 0 Å². The third-order valence-electron chi connectivity index (χ3n) is 6.16. The number of hydrogen-bond acceptors (Lipinski definition) is 6. The number of sulfonamides is 1. The molecule has 0 bridgehead atoms. The number of aryl methyl sites for hydroxylation is 1. The third-order valence-corrected chi connectivity index (χ3v) is 7.97. The molecule has 3 aromatic rings. The Labute approximate surface area is 199 Å². The summed E-state index contributed by atoms with van der Waals surface area (Å²) in [6, 6.07) is 10.9. The van der Waals surface area contributed by atoms with Crippen molar-refractivity contribution < 1.29 is 13.2 Å². The van der Waals surface area contributed by atoms with Gasteiger partial charge in [0.15, 0.2) is 0 Å². The van der Waals surface area contributed by atoms with E-state index < -0.39 is 15.9 Å². The van der Waals surface area contributed by atoms with Gasteiger partial charge in [-0.25, -0.2) is 22.7 Å². The minimum Gasteiger partial charge on any atom is -0.349 e. The lowest BCUT2D eigenvalue weighted by atomic mass is 9.99. The molecular formula is C25H27N5O3S. The van der Waals surface area contributed by atoms with Crippen molar-refractivity contribution in [3.63, 3.8) is 0 Å². The van der Waals surface area contributed by atoms with Gasteiger partial charge in [0.25, 0.3) is 5.91 Å². The molecule has 1 aliphatic rings. The van der Waals surface area contributed by atoms with Gasteiger partial charge in [0.2, 0.25) is 16.0 Å². The van der Waals surface area contributed by atoms with Gasteiger partial charge < -0.3 is 10.6 Å². The fraction of sp³-hybridized carbons (Fsp3) is 0.320. The predicted octanol–water partition coefficient (Wildman–Crippen LogP) is 2.94. The van der Waals surface area contributed by atoms with Crippen molar-refractivity contribution in [2.45, 2.75) is 43.2 Å². The Hall–Kier alpha value is -3.48. The molecule has 8 nitrogen and oxygen atoms in total. The Kier molecular flexibility index (Phi) is 6.55. The van der Waals surface area contributed by atoms with Crippen LogP contribution < -0.4 is 10.6 Å². The van der Waals surface area contributed by atoms with Gasteiger partial charge in [0.05, 0.1) is 10.4 Å². The SMILES string of the molecule is C#CC(=O)NC1CCCC1Nc1ncc2cc(-c3cc(S(=O)(=O)N(C)C)ccc3C)ccc2n1. The van der Waals surface area contributed by atoms with E-state index in [4.69, 9.17) is 6.42 Å². The number of terminal acetylenes is 1. The zero-order valence-electron chi connectivity index (χ0n) is 19.4. The van der Waals surface area contributed by atoms with Crippen LogP contribution in [0.4, 0.5) is 5.95 Å². The summed E-state index contributed by atoms with van der Waals surface area (Å²) in [5.41, 5.74) is 3.46. The minimum atomic E-state index is -3.53. The predicted molar refractivity (Wildman–Crippen MR) is 133 cm³/mol. The Bertz CT molecular complexity index is 1400. The maximum atomic E-state index is 12.6. The summed E-state index contributed by atoms with van der Waals surface area (Å²) in [7, 11) is -0.498. The zero-order chi connectivity index (χ0) is 24.5. The number of rotatable bonds is 6. The number of hydrogen-bond donors (Lipinski definition) is 2. The molecule has 1 saturated carbocycles. The highest BCUT2D eigenvalue weighted by Gasteiger charge is 2.28. The standard InChI is InChI=1S/C25H27N5O3S/c1-5-24(31)27-22-7-6-8-23(22)29-25-26-15-18-13-17(10-12-21(18)28-25)20-14-19(11-9-16(20)2)34(32,33)30(3)4/h1,9-15,22-23H,6-8H2,2-4H3,(H,27,31)(H,26,28,29). The van der Waals surface area contributed by atoms with E-state index in [9.17, 15) is 13.2 Å². The number of benzene rings is 2. The Morgan fingerprint density at radius 2 is 1.91 bits per heavy atom. The van der Waals surface area contributed by atoms with Crippen molar-refractivity contribution in [2.75, 3.05) is 19.4 Å². The van der Waals surface area contributed by atoms with Gasteiger partial charge in [-0.2, -0.15) is 0 Å². The molecule has 0 saturated heterocycles. The second kappa shape index (κ2) is 9.41. The maximum Gasteiger partial charge on any atom is 0.295 e. The van der Waals surface area contributed by atoms with Crippen molar-refractivity contribution in [2.24, 2.45) is 0 Å². The first-order chi connectivity index (χ1) is 16.2. The van der Waals surface area contributed by atoms with E-state index in [0.717, 1.165) is 46.9 Å². The molecule has 0 radical (unpaired) electrons. The van der Waals surface area contributed by atoms with Gasteiger partial charge in [-0.05, 0) is 73.1 Å². The zero-order valence-corrected chi connectivity index (χ0v) is 20.2. The molecular weight excluding hydrogens is 450 g/mol. The molecule has 1 heterocycles. The first kappa shape index (κ1) is 23.7. The number of amides is 1. The summed E-state index contributed by atoms with van der Waals surface area (Å²) in [6.45, 7) is 1.95. The number of carbonyl (C=O) groups is 1. The van der Waals surface area contributed by atoms with Crippen LogP contribution >= 0.6 is 0 Å². The third kappa shape index (κ3) is 4.74. The van der Waals surface area contributed by atoms with Crippen molar-refractivity contribution in [3.8, 4) is 23.5 Å². The van der Waals surface area contributed by atoms with Gasteiger partial charge in [-0.1, -0.05) is 12.1 Å². The number of carbonyl (C=O) groups excluding carboxylic acids is 1. The van der Waals surface area contributed by atoms with Crippen LogP contribution in [0.3, 0.4) is 0 Å². The van der Waals surface area contributed by atoms with Crippen LogP contribution in [0.1, 0.15) is 24.8 Å². The lowest BCUT2D eigenvalue weighted by Crippen LogP contribution is -2.43. The van der Waals surface area contributed by atoms with Gasteiger partial charge >= 0.3 is 0 Å². The Balaban J connectivity index is 1.60. The molecule has 2 N–H and O–H groups in total. The summed E-state index contributed by atoms with van der Waals surface area (Å²) < 4.78 is 26.4. The summed E-state index contributed by atoms with van der Waals surface area (Å²) in [6.07, 6.45) is 9.64. The van der Waals surface area contributed by atoms with Crippen LogP contribution in [0.15, 0.2) is 47.5 Å². The highest BCUT2D eigenvalue weighted by molar-refractivity contribution is 7.89. The van der Waals surface area contributed by atoms with Crippen LogP contribution in [0.25, 0.3) is 22.0 Å². The summed E-state index contributed by atoms with van der Waals surface area (Å²) in [5.74, 6) is 2.17. The van der Waals surface area contributed by atoms with E-state index in [1.807, 2.05) is 31.2 Å². The van der Waals surface area contributed by atoms with Gasteiger partial charge in [-0.3, -0.25) is 4.79 Å². The second-order valence-corrected chi connectivity index (χ2v) is 10.8. The van der Waals surface area contributed by atoms with Gasteiger partial charge in [0, 0.05) is 37.8 Å². The molecule has 2 unspecified atom stereocenters. The second-order valence-electron chi connectivity index (χ2n) is 8.64. The van der Waals surface area contributed by atoms with E-state index in [-0.39, 0.29) is 17.0 Å². The van der Waals surface area contributed by atoms with Crippen molar-refractivity contribution in [1.29, 1.82) is 0 Å². The molecule has 1 fully saturated rings. The molecule has 4 rings (SSSR count). The Morgan fingerprint density at radius 1 is 1.15 bits per heavy atom. The molecule has 1 amide bonds. The minimum absolute atomic E-state index is 0.0121. The van der Waals surface area contributed by atoms with Crippen LogP contribution in [0.2, 0.25) is 0 Å². The Morgan fingerprint density at radius 3 is 2.65 bits per heavy atom. The van der Waals surface area contributed by atoms with Crippen LogP contribution in [0.5, 0.6) is 0 Å². The van der Waals surface area contributed by atoms with Crippen molar-refractivity contribution in [1.82, 2.24) is 19.6 Å². The van der Waals surface area contributed by atoms with Crippen LogP contribution in [0, 0.1) is 19.3 Å². The monoisotopic (exact) mass is 477 g/mol. The van der Waals surface area contributed by atoms with E-state index in [1.165, 1.54) is 18.4 Å². The molecule has 9 heteroatoms. The molecule has 1 aromatic heterocycles. The maximum absolute atomic E-state index is 12.6. The lowest BCUT2D eigenvalue weighted by Gasteiger charge is -2.21. The quantitative estimate of drug-likeness (QED) is 0.529. The molecule has 1 aliphatic carbocycles. The van der Waals surface area contributed by atoms with E-state index in [2.05, 4.69) is 26.5 Å². The van der Waals surface area contributed by atoms with Gasteiger partial charge in [-0.15, -0.1) is 6.42 Å².